The Hall–Kier alpha value is -1.20. The second-order valence-electron chi connectivity index (χ2n) is 7.92. The third-order valence-corrected chi connectivity index (χ3v) is 5.55. The maximum absolute atomic E-state index is 12.2. The molecule has 156 valence electrons. The smallest absolute Gasteiger partial charge is 0.303 e. The van der Waals surface area contributed by atoms with Gasteiger partial charge in [0.25, 0.3) is 0 Å². The van der Waals surface area contributed by atoms with E-state index in [0.717, 1.165) is 44.9 Å². The quantitative estimate of drug-likeness (QED) is 0.291. The summed E-state index contributed by atoms with van der Waals surface area (Å²) in [5.41, 5.74) is 0. The largest absolute Gasteiger partial charge is 0.481 e. The fourth-order valence-electron chi connectivity index (χ4n) is 3.90. The van der Waals surface area contributed by atoms with Gasteiger partial charge in [-0.15, -0.1) is 0 Å². The van der Waals surface area contributed by atoms with E-state index in [9.17, 15) is 19.8 Å². The molecular weight excluding hydrogens is 344 g/mol. The highest BCUT2D eigenvalue weighted by Crippen LogP contribution is 2.34. The number of hydrogen-bond donors (Lipinski definition) is 3. The molecule has 1 aliphatic rings. The van der Waals surface area contributed by atoms with Crippen LogP contribution in [0.4, 0.5) is 0 Å². The predicted octanol–water partition coefficient (Wildman–Crippen LogP) is 4.26. The molecule has 0 bridgehead atoms. The normalized spacial score (nSPS) is 24.0. The summed E-state index contributed by atoms with van der Waals surface area (Å²) in [4.78, 5) is 22.7. The Bertz CT molecular complexity index is 460. The fraction of sp³-hybridized carbons (Fsp3) is 0.818. The van der Waals surface area contributed by atoms with E-state index in [1.54, 1.807) is 6.08 Å². The van der Waals surface area contributed by atoms with Crippen molar-refractivity contribution in [2.24, 2.45) is 11.8 Å². The molecule has 0 spiro atoms. The summed E-state index contributed by atoms with van der Waals surface area (Å²) in [7, 11) is 0. The Morgan fingerprint density at radius 1 is 1.11 bits per heavy atom. The molecule has 1 fully saturated rings. The average Bonchev–Trinajstić information content (AvgIpc) is 2.88. The standard InChI is InChI=1S/C22H38O5/c1-2-3-4-5-8-11-17(23)14-15-19-18(20(24)16-21(19)25)12-9-6-7-10-13-22(26)27/h14-15,17-19,21,23,25H,2-13,16H2,1H3,(H,26,27)/b15-14+/t17-,18+,19+,21+/m0/s1. The highest BCUT2D eigenvalue weighted by Gasteiger charge is 2.39. The summed E-state index contributed by atoms with van der Waals surface area (Å²) in [6.45, 7) is 2.18. The molecule has 3 N–H and O–H groups in total. The Morgan fingerprint density at radius 2 is 1.78 bits per heavy atom. The Labute approximate surface area is 163 Å². The first kappa shape index (κ1) is 23.8. The minimum Gasteiger partial charge on any atom is -0.481 e. The van der Waals surface area contributed by atoms with E-state index in [1.165, 1.54) is 19.3 Å². The van der Waals surface area contributed by atoms with E-state index >= 15 is 0 Å². The molecule has 27 heavy (non-hydrogen) atoms. The van der Waals surface area contributed by atoms with Crippen LogP contribution in [0.3, 0.4) is 0 Å². The summed E-state index contributed by atoms with van der Waals surface area (Å²) in [5, 5.41) is 29.0. The van der Waals surface area contributed by atoms with Crippen LogP contribution in [0.2, 0.25) is 0 Å². The highest BCUT2D eigenvalue weighted by molar-refractivity contribution is 5.84. The van der Waals surface area contributed by atoms with Gasteiger partial charge in [-0.2, -0.15) is 0 Å². The SMILES string of the molecule is CCCCCCC[C@H](O)/C=C/[C@H]1[C@H](O)CC(=O)[C@@H]1CCCCCCC(=O)O. The predicted molar refractivity (Wildman–Crippen MR) is 106 cm³/mol. The Balaban J connectivity index is 2.34. The number of unbranched alkanes of at least 4 members (excludes halogenated alkanes) is 7. The van der Waals surface area contributed by atoms with Crippen molar-refractivity contribution in [2.45, 2.75) is 103 Å². The first-order valence-corrected chi connectivity index (χ1v) is 10.7. The number of aliphatic hydroxyl groups is 2. The maximum Gasteiger partial charge on any atom is 0.303 e. The van der Waals surface area contributed by atoms with Gasteiger partial charge in [0, 0.05) is 24.7 Å². The molecule has 4 atom stereocenters. The third-order valence-electron chi connectivity index (χ3n) is 5.55. The van der Waals surface area contributed by atoms with Gasteiger partial charge < -0.3 is 15.3 Å². The fourth-order valence-corrected chi connectivity index (χ4v) is 3.90. The van der Waals surface area contributed by atoms with Crippen molar-refractivity contribution in [3.8, 4) is 0 Å². The molecule has 0 aromatic carbocycles. The van der Waals surface area contributed by atoms with Crippen molar-refractivity contribution in [3.05, 3.63) is 12.2 Å². The average molecular weight is 383 g/mol. The molecule has 0 saturated heterocycles. The number of Topliss-reactive ketones (excluding diaryl/α,β-unsaturated/α-hetero) is 1. The Morgan fingerprint density at radius 3 is 2.48 bits per heavy atom. The zero-order valence-electron chi connectivity index (χ0n) is 16.8. The third kappa shape index (κ3) is 10.1. The second kappa shape index (κ2) is 13.9. The van der Waals surface area contributed by atoms with Crippen LogP contribution in [-0.2, 0) is 9.59 Å². The maximum atomic E-state index is 12.2. The summed E-state index contributed by atoms with van der Waals surface area (Å²) in [6, 6.07) is 0. The molecule has 0 unspecified atom stereocenters. The van der Waals surface area contributed by atoms with Crippen molar-refractivity contribution >= 4 is 11.8 Å². The van der Waals surface area contributed by atoms with Crippen molar-refractivity contribution in [3.63, 3.8) is 0 Å². The van der Waals surface area contributed by atoms with E-state index < -0.39 is 18.2 Å². The van der Waals surface area contributed by atoms with E-state index in [1.807, 2.05) is 6.08 Å². The van der Waals surface area contributed by atoms with Crippen LogP contribution in [-0.4, -0.2) is 39.3 Å². The first-order valence-electron chi connectivity index (χ1n) is 10.7. The van der Waals surface area contributed by atoms with Gasteiger partial charge in [0.05, 0.1) is 12.2 Å². The lowest BCUT2D eigenvalue weighted by Crippen LogP contribution is -2.19. The van der Waals surface area contributed by atoms with Gasteiger partial charge in [0.15, 0.2) is 0 Å². The van der Waals surface area contributed by atoms with Crippen molar-refractivity contribution < 1.29 is 24.9 Å². The molecule has 0 amide bonds. The molecule has 0 radical (unpaired) electrons. The van der Waals surface area contributed by atoms with E-state index in [0.29, 0.717) is 6.42 Å². The molecule has 0 aromatic heterocycles. The van der Waals surface area contributed by atoms with Crippen LogP contribution in [0.5, 0.6) is 0 Å². The number of carboxylic acids is 1. The monoisotopic (exact) mass is 382 g/mol. The summed E-state index contributed by atoms with van der Waals surface area (Å²) >= 11 is 0. The molecule has 5 nitrogen and oxygen atoms in total. The lowest BCUT2D eigenvalue weighted by molar-refractivity contribution is -0.137. The minimum atomic E-state index is -0.766. The van der Waals surface area contributed by atoms with Crippen molar-refractivity contribution in [1.29, 1.82) is 0 Å². The number of aliphatic carboxylic acids is 1. The summed E-state index contributed by atoms with van der Waals surface area (Å²) < 4.78 is 0. The highest BCUT2D eigenvalue weighted by atomic mass is 16.4. The van der Waals surface area contributed by atoms with E-state index in [4.69, 9.17) is 5.11 Å². The topological polar surface area (TPSA) is 94.8 Å². The van der Waals surface area contributed by atoms with Crippen LogP contribution in [0.1, 0.15) is 90.4 Å². The van der Waals surface area contributed by atoms with Gasteiger partial charge >= 0.3 is 5.97 Å². The number of rotatable bonds is 15. The molecule has 0 aromatic rings. The van der Waals surface area contributed by atoms with E-state index in [2.05, 4.69) is 6.92 Å². The second-order valence-corrected chi connectivity index (χ2v) is 7.92. The molecule has 1 rings (SSSR count). The van der Waals surface area contributed by atoms with Crippen molar-refractivity contribution in [2.75, 3.05) is 0 Å². The van der Waals surface area contributed by atoms with Gasteiger partial charge in [-0.3, -0.25) is 9.59 Å². The molecule has 0 aliphatic heterocycles. The molecule has 5 heteroatoms. The minimum absolute atomic E-state index is 0.108. The zero-order chi connectivity index (χ0) is 20.1. The number of hydrogen-bond acceptors (Lipinski definition) is 4. The summed E-state index contributed by atoms with van der Waals surface area (Å²) in [5.74, 6) is -1.03. The number of aliphatic hydroxyl groups excluding tert-OH is 2. The molecular formula is C22H38O5. The summed E-state index contributed by atoms with van der Waals surface area (Å²) in [6.07, 6.45) is 13.4. The van der Waals surface area contributed by atoms with Crippen LogP contribution in [0, 0.1) is 11.8 Å². The first-order chi connectivity index (χ1) is 13.0. The van der Waals surface area contributed by atoms with Gasteiger partial charge in [0.1, 0.15) is 5.78 Å². The van der Waals surface area contributed by atoms with Gasteiger partial charge in [-0.05, 0) is 19.3 Å². The Kier molecular flexibility index (Phi) is 12.3. The van der Waals surface area contributed by atoms with Gasteiger partial charge in [0.2, 0.25) is 0 Å². The van der Waals surface area contributed by atoms with Crippen LogP contribution in [0.15, 0.2) is 12.2 Å². The number of ketones is 1. The van der Waals surface area contributed by atoms with Gasteiger partial charge in [-0.25, -0.2) is 0 Å². The molecule has 1 saturated carbocycles. The van der Waals surface area contributed by atoms with E-state index in [-0.39, 0.29) is 30.5 Å². The van der Waals surface area contributed by atoms with Crippen LogP contribution >= 0.6 is 0 Å². The molecule has 1 aliphatic carbocycles. The van der Waals surface area contributed by atoms with Crippen LogP contribution in [0.25, 0.3) is 0 Å². The van der Waals surface area contributed by atoms with Crippen LogP contribution < -0.4 is 0 Å². The lowest BCUT2D eigenvalue weighted by atomic mass is 9.88. The van der Waals surface area contributed by atoms with Gasteiger partial charge in [-0.1, -0.05) is 70.4 Å². The molecule has 0 heterocycles. The lowest BCUT2D eigenvalue weighted by Gasteiger charge is -2.18. The van der Waals surface area contributed by atoms with Crippen molar-refractivity contribution in [1.82, 2.24) is 0 Å². The number of carbonyl (C=O) groups is 2. The number of carbonyl (C=O) groups excluding carboxylic acids is 1. The number of carboxylic acid groups (broad SMARTS) is 1. The zero-order valence-corrected chi connectivity index (χ0v) is 16.8.